The first-order valence-corrected chi connectivity index (χ1v) is 16.4. The third-order valence-corrected chi connectivity index (χ3v) is 9.86. The fourth-order valence-electron chi connectivity index (χ4n) is 7.44. The van der Waals surface area contributed by atoms with E-state index in [1.54, 1.807) is 18.2 Å². The third kappa shape index (κ3) is 6.52. The maximum absolute atomic E-state index is 13.8. The molecule has 0 saturated carbocycles. The lowest BCUT2D eigenvalue weighted by Crippen LogP contribution is -2.49. The van der Waals surface area contributed by atoms with Crippen molar-refractivity contribution < 1.29 is 18.7 Å². The molecule has 7 rings (SSSR count). The molecule has 2 atom stereocenters. The molecule has 1 N–H and O–H groups in total. The van der Waals surface area contributed by atoms with E-state index in [-0.39, 0.29) is 29.1 Å². The van der Waals surface area contributed by atoms with Gasteiger partial charge in [-0.3, -0.25) is 19.3 Å². The molecule has 1 aromatic heterocycles. The van der Waals surface area contributed by atoms with Gasteiger partial charge in [0.2, 0.25) is 5.91 Å². The molecule has 242 valence electrons. The van der Waals surface area contributed by atoms with Crippen LogP contribution in [0.15, 0.2) is 65.5 Å². The van der Waals surface area contributed by atoms with E-state index in [1.807, 2.05) is 33.7 Å². The first kappa shape index (κ1) is 30.4. The number of rotatable bonds is 7. The number of morpholine rings is 1. The first-order valence-electron chi connectivity index (χ1n) is 16.4. The second kappa shape index (κ2) is 13.3. The van der Waals surface area contributed by atoms with E-state index in [9.17, 15) is 18.8 Å². The molecule has 3 aromatic rings. The number of fused-ring (bicyclic) bond motifs is 4. The van der Waals surface area contributed by atoms with E-state index in [1.165, 1.54) is 12.1 Å². The van der Waals surface area contributed by atoms with Crippen LogP contribution in [0, 0.1) is 11.7 Å². The molecule has 2 aromatic carbocycles. The Morgan fingerprint density at radius 1 is 0.870 bits per heavy atom. The third-order valence-electron chi connectivity index (χ3n) is 9.86. The van der Waals surface area contributed by atoms with Crippen molar-refractivity contribution in [3.63, 3.8) is 0 Å². The van der Waals surface area contributed by atoms with Gasteiger partial charge in [-0.2, -0.15) is 0 Å². The smallest absolute Gasteiger partial charge is 0.254 e. The van der Waals surface area contributed by atoms with Gasteiger partial charge in [-0.05, 0) is 60.9 Å². The number of benzene rings is 2. The summed E-state index contributed by atoms with van der Waals surface area (Å²) in [5.41, 5.74) is 4.15. The molecule has 2 amide bonds. The Kier molecular flexibility index (Phi) is 8.77. The molecular formula is C35H41FN6O4. The van der Waals surface area contributed by atoms with Gasteiger partial charge in [0.25, 0.3) is 11.5 Å². The standard InChI is InChI=1S/C35H41FN6O4/c36-28-5-7-29(8-6-28)39-12-14-40(15-13-39)35(45)26-4-9-32(30(21-26)37-33(43)10-11-38-16-18-46-19-17-38)41-22-25-20-27(24-41)31-2-1-3-34(44)42(31)23-25/h1-9,21,25,27H,10-20,22-24H2,(H,37,43)/t25-,27+/m1/s1. The number of hydrogen-bond donors (Lipinski definition) is 1. The zero-order valence-electron chi connectivity index (χ0n) is 26.1. The average Bonchev–Trinajstić information content (AvgIpc) is 3.08. The predicted molar refractivity (Wildman–Crippen MR) is 175 cm³/mol. The minimum Gasteiger partial charge on any atom is -0.379 e. The minimum atomic E-state index is -0.266. The normalized spacial score (nSPS) is 21.5. The lowest BCUT2D eigenvalue weighted by Gasteiger charge is -2.44. The van der Waals surface area contributed by atoms with Crippen molar-refractivity contribution in [3.05, 3.63) is 88.1 Å². The monoisotopic (exact) mass is 628 g/mol. The number of amides is 2. The van der Waals surface area contributed by atoms with Gasteiger partial charge in [0.15, 0.2) is 0 Å². The van der Waals surface area contributed by atoms with Gasteiger partial charge in [0.1, 0.15) is 5.82 Å². The average molecular weight is 629 g/mol. The number of piperazine rings is 1. The van der Waals surface area contributed by atoms with Crippen LogP contribution in [0.1, 0.15) is 34.8 Å². The van der Waals surface area contributed by atoms with Crippen LogP contribution in [0.2, 0.25) is 0 Å². The van der Waals surface area contributed by atoms with Gasteiger partial charge in [0, 0.05) is 101 Å². The van der Waals surface area contributed by atoms with Crippen molar-refractivity contribution in [3.8, 4) is 0 Å². The van der Waals surface area contributed by atoms with E-state index >= 15 is 0 Å². The van der Waals surface area contributed by atoms with Crippen molar-refractivity contribution in [1.29, 1.82) is 0 Å². The molecular weight excluding hydrogens is 587 g/mol. The maximum Gasteiger partial charge on any atom is 0.254 e. The van der Waals surface area contributed by atoms with Crippen LogP contribution in [0.5, 0.6) is 0 Å². The van der Waals surface area contributed by atoms with Crippen molar-refractivity contribution in [2.24, 2.45) is 5.92 Å². The van der Waals surface area contributed by atoms with E-state index in [0.717, 1.165) is 49.7 Å². The number of halogens is 1. The number of carbonyl (C=O) groups excluding carboxylic acids is 2. The van der Waals surface area contributed by atoms with Crippen LogP contribution in [-0.4, -0.2) is 98.3 Å². The summed E-state index contributed by atoms with van der Waals surface area (Å²) in [6, 6.07) is 17.7. The second-order valence-electron chi connectivity index (χ2n) is 12.8. The molecule has 4 aliphatic heterocycles. The lowest BCUT2D eigenvalue weighted by molar-refractivity contribution is -0.116. The highest BCUT2D eigenvalue weighted by Gasteiger charge is 2.35. The number of hydrogen-bond acceptors (Lipinski definition) is 7. The molecule has 0 aliphatic carbocycles. The Morgan fingerprint density at radius 3 is 2.43 bits per heavy atom. The van der Waals surface area contributed by atoms with Crippen LogP contribution < -0.4 is 20.7 Å². The summed E-state index contributed by atoms with van der Waals surface area (Å²) in [4.78, 5) is 48.2. The SMILES string of the molecule is O=C(CCN1CCOCC1)Nc1cc(C(=O)N2CCN(c3ccc(F)cc3)CC2)ccc1N1C[C@H]2C[C@@H](C1)c1cccc(=O)n1C2. The van der Waals surface area contributed by atoms with E-state index < -0.39 is 0 Å². The molecule has 10 nitrogen and oxygen atoms in total. The minimum absolute atomic E-state index is 0.0511. The molecule has 3 saturated heterocycles. The Bertz CT molecular complexity index is 1630. The van der Waals surface area contributed by atoms with Gasteiger partial charge in [-0.1, -0.05) is 6.07 Å². The van der Waals surface area contributed by atoms with Gasteiger partial charge in [-0.15, -0.1) is 0 Å². The largest absolute Gasteiger partial charge is 0.379 e. The van der Waals surface area contributed by atoms with Crippen LogP contribution in [0.4, 0.5) is 21.5 Å². The number of aromatic nitrogens is 1. The highest BCUT2D eigenvalue weighted by atomic mass is 19.1. The van der Waals surface area contributed by atoms with Gasteiger partial charge >= 0.3 is 0 Å². The zero-order valence-corrected chi connectivity index (χ0v) is 26.1. The summed E-state index contributed by atoms with van der Waals surface area (Å²) in [5, 5.41) is 3.17. The number of nitrogens with zero attached hydrogens (tertiary/aromatic N) is 5. The van der Waals surface area contributed by atoms with Crippen LogP contribution >= 0.6 is 0 Å². The van der Waals surface area contributed by atoms with Crippen molar-refractivity contribution in [2.45, 2.75) is 25.3 Å². The quantitative estimate of drug-likeness (QED) is 0.430. The molecule has 0 spiro atoms. The second-order valence-corrected chi connectivity index (χ2v) is 12.8. The number of nitrogens with one attached hydrogen (secondary N) is 1. The van der Waals surface area contributed by atoms with E-state index in [0.29, 0.717) is 76.1 Å². The number of pyridine rings is 1. The molecule has 46 heavy (non-hydrogen) atoms. The van der Waals surface area contributed by atoms with Gasteiger partial charge in [0.05, 0.1) is 24.6 Å². The van der Waals surface area contributed by atoms with Crippen molar-refractivity contribution >= 4 is 28.9 Å². The fourth-order valence-corrected chi connectivity index (χ4v) is 7.44. The topological polar surface area (TPSA) is 90.4 Å². The summed E-state index contributed by atoms with van der Waals surface area (Å²) in [5.74, 6) is 0.107. The summed E-state index contributed by atoms with van der Waals surface area (Å²) in [6.45, 7) is 8.24. The number of anilines is 3. The molecule has 5 heterocycles. The van der Waals surface area contributed by atoms with Crippen LogP contribution in [-0.2, 0) is 16.1 Å². The van der Waals surface area contributed by atoms with Gasteiger partial charge in [-0.25, -0.2) is 4.39 Å². The number of ether oxygens (including phenoxy) is 1. The Morgan fingerprint density at radius 2 is 1.65 bits per heavy atom. The van der Waals surface area contributed by atoms with Crippen LogP contribution in [0.3, 0.4) is 0 Å². The molecule has 4 aliphatic rings. The highest BCUT2D eigenvalue weighted by Crippen LogP contribution is 2.39. The summed E-state index contributed by atoms with van der Waals surface area (Å²) in [7, 11) is 0. The molecule has 11 heteroatoms. The molecule has 3 fully saturated rings. The molecule has 0 radical (unpaired) electrons. The van der Waals surface area contributed by atoms with Crippen molar-refractivity contribution in [1.82, 2.24) is 14.4 Å². The van der Waals surface area contributed by atoms with Crippen LogP contribution in [0.25, 0.3) is 0 Å². The fraction of sp³-hybridized carbons (Fsp3) is 0.457. The van der Waals surface area contributed by atoms with Gasteiger partial charge < -0.3 is 29.3 Å². The molecule has 2 bridgehead atoms. The molecule has 0 unspecified atom stereocenters. The maximum atomic E-state index is 13.8. The summed E-state index contributed by atoms with van der Waals surface area (Å²) in [6.07, 6.45) is 1.38. The zero-order chi connectivity index (χ0) is 31.6. The van der Waals surface area contributed by atoms with Crippen molar-refractivity contribution in [2.75, 3.05) is 87.2 Å². The summed E-state index contributed by atoms with van der Waals surface area (Å²) >= 11 is 0. The predicted octanol–water partition coefficient (Wildman–Crippen LogP) is 3.23. The highest BCUT2D eigenvalue weighted by molar-refractivity contribution is 6.00. The Balaban J connectivity index is 1.09. The Hall–Kier alpha value is -4.22. The van der Waals surface area contributed by atoms with E-state index in [4.69, 9.17) is 4.74 Å². The lowest BCUT2D eigenvalue weighted by atomic mass is 9.83. The Labute approximate surface area is 268 Å². The number of carbonyl (C=O) groups is 2. The van der Waals surface area contributed by atoms with E-state index in [2.05, 4.69) is 26.1 Å². The number of piperidine rings is 1. The summed E-state index contributed by atoms with van der Waals surface area (Å²) < 4.78 is 20.8. The first-order chi connectivity index (χ1) is 22.4.